The van der Waals surface area contributed by atoms with E-state index in [-0.39, 0.29) is 11.6 Å². The van der Waals surface area contributed by atoms with Crippen molar-refractivity contribution in [1.82, 2.24) is 0 Å². The third-order valence-corrected chi connectivity index (χ3v) is 4.58. The first kappa shape index (κ1) is 10.3. The number of aliphatic hydroxyl groups is 1. The Hall–Kier alpha value is -0.830. The molecule has 0 aromatic rings. The van der Waals surface area contributed by atoms with Gasteiger partial charge in [-0.1, -0.05) is 6.58 Å². The highest BCUT2D eigenvalue weighted by Gasteiger charge is 2.65. The molecule has 1 N–H and O–H groups in total. The Balaban J connectivity index is 1.82. The highest BCUT2D eigenvalue weighted by Crippen LogP contribution is 2.63. The molecule has 4 bridgehead atoms. The highest BCUT2D eigenvalue weighted by molar-refractivity contribution is 5.87. The monoisotopic (exact) mass is 222 g/mol. The smallest absolute Gasteiger partial charge is 0.333 e. The quantitative estimate of drug-likeness (QED) is 0.572. The second kappa shape index (κ2) is 2.89. The summed E-state index contributed by atoms with van der Waals surface area (Å²) >= 11 is 0. The van der Waals surface area contributed by atoms with Gasteiger partial charge in [0.05, 0.1) is 5.60 Å². The van der Waals surface area contributed by atoms with Crippen LogP contribution in [0.1, 0.15) is 39.0 Å². The van der Waals surface area contributed by atoms with Crippen molar-refractivity contribution in [3.8, 4) is 0 Å². The van der Waals surface area contributed by atoms with Crippen molar-refractivity contribution in [2.75, 3.05) is 0 Å². The fourth-order valence-electron chi connectivity index (χ4n) is 4.18. The maximum absolute atomic E-state index is 11.6. The van der Waals surface area contributed by atoms with Crippen molar-refractivity contribution >= 4 is 5.97 Å². The van der Waals surface area contributed by atoms with Gasteiger partial charge in [-0.3, -0.25) is 0 Å². The van der Waals surface area contributed by atoms with Crippen LogP contribution in [0.4, 0.5) is 0 Å². The van der Waals surface area contributed by atoms with E-state index in [9.17, 15) is 9.90 Å². The third kappa shape index (κ3) is 1.27. The first-order chi connectivity index (χ1) is 7.42. The summed E-state index contributed by atoms with van der Waals surface area (Å²) in [6.45, 7) is 5.28. The summed E-state index contributed by atoms with van der Waals surface area (Å²) in [5, 5.41) is 10.4. The zero-order valence-electron chi connectivity index (χ0n) is 9.66. The van der Waals surface area contributed by atoms with Crippen LogP contribution in [0.3, 0.4) is 0 Å². The van der Waals surface area contributed by atoms with E-state index in [0.717, 1.165) is 25.7 Å². The lowest BCUT2D eigenvalue weighted by Gasteiger charge is -2.38. The van der Waals surface area contributed by atoms with E-state index in [4.69, 9.17) is 4.74 Å². The van der Waals surface area contributed by atoms with Crippen molar-refractivity contribution in [3.05, 3.63) is 12.2 Å². The van der Waals surface area contributed by atoms with Gasteiger partial charge in [-0.05, 0) is 44.4 Å². The van der Waals surface area contributed by atoms with Crippen molar-refractivity contribution in [2.45, 2.75) is 50.2 Å². The number of esters is 1. The number of rotatable bonds is 2. The zero-order valence-corrected chi connectivity index (χ0v) is 9.66. The van der Waals surface area contributed by atoms with Crippen LogP contribution in [0.2, 0.25) is 0 Å². The highest BCUT2D eigenvalue weighted by atomic mass is 16.6. The summed E-state index contributed by atoms with van der Waals surface area (Å²) in [5.41, 5.74) is -0.474. The molecule has 0 amide bonds. The Morgan fingerprint density at radius 3 is 2.75 bits per heavy atom. The molecule has 4 saturated carbocycles. The molecule has 4 rings (SSSR count). The van der Waals surface area contributed by atoms with E-state index in [0.29, 0.717) is 23.8 Å². The number of hydrogen-bond donors (Lipinski definition) is 1. The Morgan fingerprint density at radius 2 is 2.19 bits per heavy atom. The Morgan fingerprint density at radius 1 is 1.44 bits per heavy atom. The molecular formula is C13H18O3. The molecular weight excluding hydrogens is 204 g/mol. The Kier molecular flexibility index (Phi) is 1.87. The molecule has 0 aromatic heterocycles. The lowest BCUT2D eigenvalue weighted by molar-refractivity contribution is -0.162. The molecule has 3 nitrogen and oxygen atoms in total. The van der Waals surface area contributed by atoms with E-state index in [2.05, 4.69) is 6.58 Å². The first-order valence-corrected chi connectivity index (χ1v) is 6.04. The largest absolute Gasteiger partial charge is 0.456 e. The standard InChI is InChI=1S/C13H18O3/c1-8(2)11(14)16-12-4-9-3-10(6-12)13(15,5-9)7-12/h9-10,15H,1,3-7H2,2H3/t9?,10-,12?,13?/m0/s1. The van der Waals surface area contributed by atoms with E-state index >= 15 is 0 Å². The second-order valence-corrected chi connectivity index (χ2v) is 6.04. The summed E-state index contributed by atoms with van der Waals surface area (Å²) in [7, 11) is 0. The van der Waals surface area contributed by atoms with Gasteiger partial charge in [0.15, 0.2) is 0 Å². The van der Waals surface area contributed by atoms with Gasteiger partial charge in [-0.15, -0.1) is 0 Å². The molecule has 88 valence electrons. The minimum atomic E-state index is -0.543. The number of ether oxygens (including phenoxy) is 1. The number of carbonyl (C=O) groups is 1. The molecule has 4 fully saturated rings. The number of hydrogen-bond acceptors (Lipinski definition) is 3. The SMILES string of the molecule is C=C(C)C(=O)OC12CC3C[C@@H](C1)C(O)(C3)C2. The maximum Gasteiger partial charge on any atom is 0.333 e. The van der Waals surface area contributed by atoms with Gasteiger partial charge in [0, 0.05) is 12.0 Å². The molecule has 0 heterocycles. The molecule has 0 spiro atoms. The molecule has 3 unspecified atom stereocenters. The summed E-state index contributed by atoms with van der Waals surface area (Å²) in [4.78, 5) is 11.6. The van der Waals surface area contributed by atoms with Gasteiger partial charge in [-0.25, -0.2) is 4.79 Å². The number of carbonyl (C=O) groups excluding carboxylic acids is 1. The van der Waals surface area contributed by atoms with Crippen molar-refractivity contribution in [3.63, 3.8) is 0 Å². The van der Waals surface area contributed by atoms with E-state index in [1.165, 1.54) is 0 Å². The van der Waals surface area contributed by atoms with Crippen LogP contribution in [0.5, 0.6) is 0 Å². The molecule has 4 aliphatic rings. The average Bonchev–Trinajstić information content (AvgIpc) is 2.46. The van der Waals surface area contributed by atoms with E-state index in [1.54, 1.807) is 6.92 Å². The van der Waals surface area contributed by atoms with Crippen LogP contribution < -0.4 is 0 Å². The van der Waals surface area contributed by atoms with Crippen molar-refractivity contribution in [1.29, 1.82) is 0 Å². The van der Waals surface area contributed by atoms with Crippen LogP contribution in [0, 0.1) is 11.8 Å². The Labute approximate surface area is 95.5 Å². The van der Waals surface area contributed by atoms with E-state index in [1.807, 2.05) is 0 Å². The lowest BCUT2D eigenvalue weighted by Crippen LogP contribution is -2.42. The normalized spacial score (nSPS) is 48.4. The van der Waals surface area contributed by atoms with Gasteiger partial charge in [-0.2, -0.15) is 0 Å². The summed E-state index contributed by atoms with van der Waals surface area (Å²) in [6, 6.07) is 0. The van der Waals surface area contributed by atoms with Gasteiger partial charge in [0.25, 0.3) is 0 Å². The van der Waals surface area contributed by atoms with Gasteiger partial charge < -0.3 is 9.84 Å². The van der Waals surface area contributed by atoms with Crippen LogP contribution in [-0.4, -0.2) is 22.3 Å². The molecule has 4 aliphatic carbocycles. The van der Waals surface area contributed by atoms with Crippen LogP contribution >= 0.6 is 0 Å². The maximum atomic E-state index is 11.6. The summed E-state index contributed by atoms with van der Waals surface area (Å²) < 4.78 is 5.60. The topological polar surface area (TPSA) is 46.5 Å². The second-order valence-electron chi connectivity index (χ2n) is 6.04. The predicted octanol–water partition coefficient (Wildman–Crippen LogP) is 1.80. The molecule has 16 heavy (non-hydrogen) atoms. The fraction of sp³-hybridized carbons (Fsp3) is 0.769. The van der Waals surface area contributed by atoms with E-state index < -0.39 is 5.60 Å². The first-order valence-electron chi connectivity index (χ1n) is 6.04. The summed E-state index contributed by atoms with van der Waals surface area (Å²) in [5.74, 6) is 0.602. The molecule has 0 radical (unpaired) electrons. The molecule has 4 atom stereocenters. The minimum absolute atomic E-state index is 0.300. The zero-order chi connectivity index (χ0) is 11.6. The third-order valence-electron chi connectivity index (χ3n) is 4.58. The van der Waals surface area contributed by atoms with Gasteiger partial charge in [0.2, 0.25) is 0 Å². The molecule has 0 saturated heterocycles. The fourth-order valence-corrected chi connectivity index (χ4v) is 4.18. The lowest BCUT2D eigenvalue weighted by atomic mass is 9.77. The molecule has 3 heteroatoms. The Bertz CT molecular complexity index is 375. The van der Waals surface area contributed by atoms with Gasteiger partial charge in [0.1, 0.15) is 5.60 Å². The van der Waals surface area contributed by atoms with Crippen LogP contribution in [0.25, 0.3) is 0 Å². The van der Waals surface area contributed by atoms with Gasteiger partial charge >= 0.3 is 5.97 Å². The minimum Gasteiger partial charge on any atom is -0.456 e. The summed E-state index contributed by atoms with van der Waals surface area (Å²) in [6.07, 6.45) is 4.44. The van der Waals surface area contributed by atoms with Crippen LogP contribution in [0.15, 0.2) is 12.2 Å². The van der Waals surface area contributed by atoms with Crippen molar-refractivity contribution in [2.24, 2.45) is 11.8 Å². The molecule has 0 aromatic carbocycles. The average molecular weight is 222 g/mol. The van der Waals surface area contributed by atoms with Crippen LogP contribution in [-0.2, 0) is 9.53 Å². The molecule has 0 aliphatic heterocycles. The predicted molar refractivity (Wildman–Crippen MR) is 58.7 cm³/mol. The van der Waals surface area contributed by atoms with Crippen molar-refractivity contribution < 1.29 is 14.6 Å².